The van der Waals surface area contributed by atoms with Gasteiger partial charge in [0.2, 0.25) is 10.0 Å². The lowest BCUT2D eigenvalue weighted by Crippen LogP contribution is -2.40. The van der Waals surface area contributed by atoms with Gasteiger partial charge in [-0.2, -0.15) is 0 Å². The molecule has 2 aliphatic rings. The number of anilines is 1. The van der Waals surface area contributed by atoms with Gasteiger partial charge >= 0.3 is 0 Å². The van der Waals surface area contributed by atoms with Gasteiger partial charge in [-0.15, -0.1) is 0 Å². The molecule has 1 heterocycles. The summed E-state index contributed by atoms with van der Waals surface area (Å²) in [6, 6.07) is 6.08. The van der Waals surface area contributed by atoms with E-state index in [1.54, 1.807) is 12.1 Å². The predicted molar refractivity (Wildman–Crippen MR) is 105 cm³/mol. The quantitative estimate of drug-likeness (QED) is 0.776. The number of aromatic nitrogens is 2. The Morgan fingerprint density at radius 2 is 1.93 bits per heavy atom. The van der Waals surface area contributed by atoms with Gasteiger partial charge in [-0.05, 0) is 68.2 Å². The van der Waals surface area contributed by atoms with Crippen LogP contribution in [0.5, 0.6) is 0 Å². The number of hydrogen-bond donors (Lipinski definition) is 2. The zero-order valence-corrected chi connectivity index (χ0v) is 16.5. The van der Waals surface area contributed by atoms with Gasteiger partial charge in [-0.3, -0.25) is 9.78 Å². The Hall–Kier alpha value is -2.32. The highest BCUT2D eigenvalue weighted by molar-refractivity contribution is 7.89. The molecule has 2 saturated carbocycles. The second-order valence-corrected chi connectivity index (χ2v) is 9.53. The third-order valence-electron chi connectivity index (χ3n) is 5.99. The second-order valence-electron chi connectivity index (χ2n) is 7.82. The Morgan fingerprint density at radius 3 is 2.54 bits per heavy atom. The number of amides is 1. The molecular weight excluding hydrogens is 376 g/mol. The van der Waals surface area contributed by atoms with Crippen LogP contribution in [0, 0.1) is 17.8 Å². The van der Waals surface area contributed by atoms with Crippen LogP contribution in [0.3, 0.4) is 0 Å². The van der Waals surface area contributed by atoms with Gasteiger partial charge in [0, 0.05) is 24.1 Å². The number of rotatable bonds is 6. The normalized spacial score (nSPS) is 24.8. The molecule has 2 bridgehead atoms. The Kier molecular flexibility index (Phi) is 5.16. The maximum Gasteiger partial charge on any atom is 0.275 e. The highest BCUT2D eigenvalue weighted by Gasteiger charge is 2.42. The maximum absolute atomic E-state index is 12.7. The van der Waals surface area contributed by atoms with Crippen molar-refractivity contribution in [1.29, 1.82) is 0 Å². The van der Waals surface area contributed by atoms with Crippen LogP contribution >= 0.6 is 0 Å². The highest BCUT2D eigenvalue weighted by atomic mass is 32.2. The van der Waals surface area contributed by atoms with Crippen molar-refractivity contribution in [2.75, 3.05) is 5.32 Å². The van der Waals surface area contributed by atoms with Crippen molar-refractivity contribution in [2.24, 2.45) is 17.8 Å². The lowest BCUT2D eigenvalue weighted by molar-refractivity contribution is 0.102. The molecule has 2 aliphatic carbocycles. The van der Waals surface area contributed by atoms with Crippen molar-refractivity contribution < 1.29 is 13.2 Å². The zero-order valence-electron chi connectivity index (χ0n) is 15.7. The molecule has 1 aromatic heterocycles. The largest absolute Gasteiger partial charge is 0.321 e. The number of carbonyl (C=O) groups excluding carboxylic acids is 1. The van der Waals surface area contributed by atoms with Gasteiger partial charge in [0.15, 0.2) is 0 Å². The van der Waals surface area contributed by atoms with E-state index in [0.29, 0.717) is 17.5 Å². The average Bonchev–Trinajstić information content (AvgIpc) is 3.32. The first-order valence-electron chi connectivity index (χ1n) is 9.62. The fourth-order valence-electron chi connectivity index (χ4n) is 4.64. The van der Waals surface area contributed by atoms with Crippen LogP contribution in [0.1, 0.15) is 43.1 Å². The molecule has 1 amide bonds. The molecule has 2 aromatic rings. The summed E-state index contributed by atoms with van der Waals surface area (Å²) in [5.41, 5.74) is 0.691. The number of nitrogens with one attached hydrogen (secondary N) is 2. The first-order chi connectivity index (χ1) is 13.4. The summed E-state index contributed by atoms with van der Waals surface area (Å²) >= 11 is 0. The monoisotopic (exact) mass is 400 g/mol. The average molecular weight is 401 g/mol. The standard InChI is InChI=1S/C20H24N4O3S/c1-13(18-11-14-2-3-15(18)10-14)24-28(26,27)17-6-4-16(5-7-17)23-20(25)19-12-21-8-9-22-19/h4-9,12-15,18,24H,2-3,10-11H2,1H3,(H,23,25)/t13-,14+,15+,18-/m1/s1. The van der Waals surface area contributed by atoms with Gasteiger partial charge in [0.25, 0.3) is 5.91 Å². The lowest BCUT2D eigenvalue weighted by atomic mass is 9.84. The van der Waals surface area contributed by atoms with E-state index in [4.69, 9.17) is 0 Å². The summed E-state index contributed by atoms with van der Waals surface area (Å²) in [7, 11) is -3.60. The van der Waals surface area contributed by atoms with Crippen LogP contribution in [-0.2, 0) is 10.0 Å². The van der Waals surface area contributed by atoms with Crippen LogP contribution in [0.4, 0.5) is 5.69 Å². The van der Waals surface area contributed by atoms with E-state index in [9.17, 15) is 13.2 Å². The molecule has 4 rings (SSSR count). The number of carbonyl (C=O) groups is 1. The first-order valence-corrected chi connectivity index (χ1v) is 11.1. The van der Waals surface area contributed by atoms with Crippen molar-refractivity contribution in [3.05, 3.63) is 48.5 Å². The van der Waals surface area contributed by atoms with Crippen molar-refractivity contribution in [2.45, 2.75) is 43.5 Å². The first kappa shape index (κ1) is 19.0. The molecule has 1 aromatic carbocycles. The van der Waals surface area contributed by atoms with Crippen LogP contribution < -0.4 is 10.0 Å². The van der Waals surface area contributed by atoms with Gasteiger partial charge in [0.05, 0.1) is 11.1 Å². The summed E-state index contributed by atoms with van der Waals surface area (Å²) in [5, 5.41) is 2.68. The van der Waals surface area contributed by atoms with E-state index >= 15 is 0 Å². The Balaban J connectivity index is 1.40. The number of sulfonamides is 1. The lowest BCUT2D eigenvalue weighted by Gasteiger charge is -2.28. The van der Waals surface area contributed by atoms with Crippen molar-refractivity contribution in [3.8, 4) is 0 Å². The molecule has 28 heavy (non-hydrogen) atoms. The second kappa shape index (κ2) is 7.60. The summed E-state index contributed by atoms with van der Waals surface area (Å²) in [4.78, 5) is 20.1. The summed E-state index contributed by atoms with van der Waals surface area (Å²) in [6.45, 7) is 1.97. The van der Waals surface area contributed by atoms with Gasteiger partial charge in [0.1, 0.15) is 5.69 Å². The van der Waals surface area contributed by atoms with Gasteiger partial charge < -0.3 is 5.32 Å². The zero-order chi connectivity index (χ0) is 19.7. The van der Waals surface area contributed by atoms with E-state index in [1.165, 1.54) is 50.0 Å². The molecule has 2 fully saturated rings. The Labute approximate surface area is 165 Å². The third kappa shape index (κ3) is 3.93. The van der Waals surface area contributed by atoms with E-state index in [2.05, 4.69) is 20.0 Å². The van der Waals surface area contributed by atoms with Crippen LogP contribution in [0.25, 0.3) is 0 Å². The van der Waals surface area contributed by atoms with E-state index < -0.39 is 15.9 Å². The summed E-state index contributed by atoms with van der Waals surface area (Å²) < 4.78 is 28.3. The number of hydrogen-bond acceptors (Lipinski definition) is 5. The molecule has 0 spiro atoms. The SMILES string of the molecule is C[C@@H](NS(=O)(=O)c1ccc(NC(=O)c2cnccn2)cc1)[C@H]1C[C@H]2CC[C@H]1C2. The topological polar surface area (TPSA) is 101 Å². The fraction of sp³-hybridized carbons (Fsp3) is 0.450. The maximum atomic E-state index is 12.7. The molecule has 0 aliphatic heterocycles. The molecule has 0 radical (unpaired) electrons. The highest BCUT2D eigenvalue weighted by Crippen LogP contribution is 2.49. The smallest absolute Gasteiger partial charge is 0.275 e. The Bertz CT molecular complexity index is 947. The molecule has 4 atom stereocenters. The van der Waals surface area contributed by atoms with Crippen LogP contribution in [-0.4, -0.2) is 30.3 Å². The number of nitrogens with zero attached hydrogens (tertiary/aromatic N) is 2. The minimum absolute atomic E-state index is 0.0728. The van der Waals surface area contributed by atoms with Crippen LogP contribution in [0.2, 0.25) is 0 Å². The Morgan fingerprint density at radius 1 is 1.14 bits per heavy atom. The predicted octanol–water partition coefficient (Wildman–Crippen LogP) is 2.83. The van der Waals surface area contributed by atoms with Crippen molar-refractivity contribution in [1.82, 2.24) is 14.7 Å². The van der Waals surface area contributed by atoms with E-state index in [1.807, 2.05) is 6.92 Å². The molecular formula is C20H24N4O3S. The molecule has 0 unspecified atom stereocenters. The fourth-order valence-corrected chi connectivity index (χ4v) is 5.93. The molecule has 0 saturated heterocycles. The minimum Gasteiger partial charge on any atom is -0.321 e. The van der Waals surface area contributed by atoms with Crippen molar-refractivity contribution in [3.63, 3.8) is 0 Å². The van der Waals surface area contributed by atoms with Gasteiger partial charge in [-0.1, -0.05) is 6.42 Å². The molecule has 2 N–H and O–H groups in total. The summed E-state index contributed by atoms with van der Waals surface area (Å²) in [5.74, 6) is 1.46. The van der Waals surface area contributed by atoms with Crippen molar-refractivity contribution >= 4 is 21.6 Å². The molecule has 8 heteroatoms. The molecule has 7 nitrogen and oxygen atoms in total. The van der Waals surface area contributed by atoms with Crippen LogP contribution in [0.15, 0.2) is 47.8 Å². The van der Waals surface area contributed by atoms with E-state index in [0.717, 1.165) is 12.3 Å². The van der Waals surface area contributed by atoms with Gasteiger partial charge in [-0.25, -0.2) is 18.1 Å². The molecule has 148 valence electrons. The number of fused-ring (bicyclic) bond motifs is 2. The van der Waals surface area contributed by atoms with E-state index in [-0.39, 0.29) is 16.6 Å². The third-order valence-corrected chi connectivity index (χ3v) is 7.57. The summed E-state index contributed by atoms with van der Waals surface area (Å²) in [6.07, 6.45) is 9.19. The number of benzene rings is 1. The minimum atomic E-state index is -3.60.